The highest BCUT2D eigenvalue weighted by Crippen LogP contribution is 2.19. The lowest BCUT2D eigenvalue weighted by Crippen LogP contribution is -2.33. The Kier molecular flexibility index (Phi) is 6.41. The van der Waals surface area contributed by atoms with Crippen LogP contribution >= 0.6 is 0 Å². The number of urea groups is 1. The van der Waals surface area contributed by atoms with E-state index in [1.165, 1.54) is 0 Å². The number of rotatable bonds is 6. The maximum atomic E-state index is 12.1. The van der Waals surface area contributed by atoms with Crippen molar-refractivity contribution in [1.82, 2.24) is 10.2 Å². The molecule has 0 spiro atoms. The van der Waals surface area contributed by atoms with Crippen molar-refractivity contribution in [3.8, 4) is 0 Å². The quantitative estimate of drug-likeness (QED) is 0.791. The van der Waals surface area contributed by atoms with Crippen LogP contribution in [0.5, 0.6) is 0 Å². The van der Waals surface area contributed by atoms with E-state index in [9.17, 15) is 18.0 Å². The van der Waals surface area contributed by atoms with Crippen LogP contribution in [-0.2, 0) is 21.1 Å². The summed E-state index contributed by atoms with van der Waals surface area (Å²) >= 11 is 0. The third-order valence-corrected chi connectivity index (χ3v) is 6.09. The molecule has 0 unspecified atom stereocenters. The van der Waals surface area contributed by atoms with Gasteiger partial charge in [-0.2, -0.15) is 0 Å². The molecule has 7 nitrogen and oxygen atoms in total. The first-order valence-corrected chi connectivity index (χ1v) is 10.1. The summed E-state index contributed by atoms with van der Waals surface area (Å²) in [6.45, 7) is 0.340. The minimum absolute atomic E-state index is 0.0243. The van der Waals surface area contributed by atoms with Crippen LogP contribution in [0.2, 0.25) is 0 Å². The molecule has 138 valence electrons. The van der Waals surface area contributed by atoms with Crippen LogP contribution in [0.1, 0.15) is 18.4 Å². The number of hydrogen-bond donors (Lipinski definition) is 2. The average molecular weight is 367 g/mol. The van der Waals surface area contributed by atoms with Gasteiger partial charge >= 0.3 is 6.03 Å². The van der Waals surface area contributed by atoms with Gasteiger partial charge in [0, 0.05) is 32.7 Å². The molecule has 0 radical (unpaired) electrons. The molecule has 1 heterocycles. The molecule has 1 aliphatic heterocycles. The number of nitrogens with one attached hydrogen (secondary N) is 2. The Balaban J connectivity index is 1.87. The highest BCUT2D eigenvalue weighted by Gasteiger charge is 2.27. The molecule has 25 heavy (non-hydrogen) atoms. The van der Waals surface area contributed by atoms with Crippen molar-refractivity contribution < 1.29 is 18.0 Å². The van der Waals surface area contributed by atoms with E-state index in [0.717, 1.165) is 5.56 Å². The number of carbonyl (C=O) groups excluding carboxylic acids is 2. The van der Waals surface area contributed by atoms with E-state index in [4.69, 9.17) is 0 Å². The Hall–Kier alpha value is -2.09. The SMILES string of the molecule is CN(C)C(=O)CCc1ccccc1NC(=O)NC[C@@H]1CCS(=O)(=O)C1. The molecule has 0 saturated carbocycles. The monoisotopic (exact) mass is 367 g/mol. The van der Waals surface area contributed by atoms with Crippen molar-refractivity contribution in [2.75, 3.05) is 37.5 Å². The fraction of sp³-hybridized carbons (Fsp3) is 0.529. The zero-order valence-corrected chi connectivity index (χ0v) is 15.4. The van der Waals surface area contributed by atoms with Crippen LogP contribution in [0.25, 0.3) is 0 Å². The van der Waals surface area contributed by atoms with Gasteiger partial charge in [0.05, 0.1) is 11.5 Å². The summed E-state index contributed by atoms with van der Waals surface area (Å²) in [6.07, 6.45) is 1.49. The first-order valence-electron chi connectivity index (χ1n) is 8.30. The third kappa shape index (κ3) is 6.04. The van der Waals surface area contributed by atoms with Gasteiger partial charge in [-0.25, -0.2) is 13.2 Å². The average Bonchev–Trinajstić information content (AvgIpc) is 2.91. The number of nitrogens with zero attached hydrogens (tertiary/aromatic N) is 1. The summed E-state index contributed by atoms with van der Waals surface area (Å²) in [5, 5.41) is 5.52. The number of para-hydroxylation sites is 1. The molecular formula is C17H25N3O4S. The molecule has 2 N–H and O–H groups in total. The number of anilines is 1. The molecule has 1 saturated heterocycles. The maximum absolute atomic E-state index is 12.1. The number of carbonyl (C=O) groups is 2. The molecular weight excluding hydrogens is 342 g/mol. The van der Waals surface area contributed by atoms with Crippen LogP contribution in [0, 0.1) is 5.92 Å². The Morgan fingerprint density at radius 3 is 2.60 bits per heavy atom. The minimum atomic E-state index is -2.94. The van der Waals surface area contributed by atoms with Gasteiger partial charge in [-0.1, -0.05) is 18.2 Å². The van der Waals surface area contributed by atoms with Crippen LogP contribution in [0.4, 0.5) is 10.5 Å². The highest BCUT2D eigenvalue weighted by atomic mass is 32.2. The van der Waals surface area contributed by atoms with Gasteiger partial charge < -0.3 is 15.5 Å². The van der Waals surface area contributed by atoms with Crippen molar-refractivity contribution in [3.63, 3.8) is 0 Å². The number of hydrogen-bond acceptors (Lipinski definition) is 4. The lowest BCUT2D eigenvalue weighted by atomic mass is 10.1. The molecule has 1 atom stereocenters. The second-order valence-corrected chi connectivity index (χ2v) is 8.78. The predicted octanol–water partition coefficient (Wildman–Crippen LogP) is 1.26. The fourth-order valence-corrected chi connectivity index (χ4v) is 4.62. The van der Waals surface area contributed by atoms with Gasteiger partial charge in [0.15, 0.2) is 9.84 Å². The second kappa shape index (κ2) is 8.33. The predicted molar refractivity (Wildman–Crippen MR) is 97.2 cm³/mol. The Labute approximate surface area is 148 Å². The molecule has 0 aliphatic carbocycles. The van der Waals surface area contributed by atoms with E-state index in [1.54, 1.807) is 25.1 Å². The van der Waals surface area contributed by atoms with Crippen molar-refractivity contribution in [2.45, 2.75) is 19.3 Å². The summed E-state index contributed by atoms with van der Waals surface area (Å²) in [7, 11) is 0.484. The highest BCUT2D eigenvalue weighted by molar-refractivity contribution is 7.91. The molecule has 2 rings (SSSR count). The summed E-state index contributed by atoms with van der Waals surface area (Å²) in [6, 6.07) is 6.98. The Morgan fingerprint density at radius 1 is 1.24 bits per heavy atom. The molecule has 1 aliphatic rings. The van der Waals surface area contributed by atoms with Gasteiger partial charge in [-0.15, -0.1) is 0 Å². The molecule has 1 aromatic rings. The van der Waals surface area contributed by atoms with Gasteiger partial charge in [-0.05, 0) is 30.4 Å². The van der Waals surface area contributed by atoms with Crippen LogP contribution < -0.4 is 10.6 Å². The summed E-state index contributed by atoms with van der Waals surface area (Å²) in [5.41, 5.74) is 1.54. The summed E-state index contributed by atoms with van der Waals surface area (Å²) in [5.74, 6) is 0.339. The molecule has 8 heteroatoms. The van der Waals surface area contributed by atoms with E-state index in [-0.39, 0.29) is 29.4 Å². The first kappa shape index (κ1) is 19.2. The van der Waals surface area contributed by atoms with Crippen molar-refractivity contribution >= 4 is 27.5 Å². The number of amides is 3. The van der Waals surface area contributed by atoms with E-state index in [0.29, 0.717) is 31.5 Å². The smallest absolute Gasteiger partial charge is 0.319 e. The fourth-order valence-electron chi connectivity index (χ4n) is 2.76. The number of aryl methyl sites for hydroxylation is 1. The van der Waals surface area contributed by atoms with Crippen molar-refractivity contribution in [3.05, 3.63) is 29.8 Å². The Morgan fingerprint density at radius 2 is 1.96 bits per heavy atom. The Bertz CT molecular complexity index is 731. The van der Waals surface area contributed by atoms with E-state index in [2.05, 4.69) is 10.6 Å². The van der Waals surface area contributed by atoms with Gasteiger partial charge in [0.25, 0.3) is 0 Å². The minimum Gasteiger partial charge on any atom is -0.349 e. The third-order valence-electron chi connectivity index (χ3n) is 4.25. The zero-order chi connectivity index (χ0) is 18.4. The lowest BCUT2D eigenvalue weighted by molar-refractivity contribution is -0.128. The zero-order valence-electron chi connectivity index (χ0n) is 14.6. The van der Waals surface area contributed by atoms with Crippen molar-refractivity contribution in [2.24, 2.45) is 5.92 Å². The standard InChI is InChI=1S/C17H25N3O4S/c1-20(2)16(21)8-7-14-5-3-4-6-15(14)19-17(22)18-11-13-9-10-25(23,24)12-13/h3-6,13H,7-12H2,1-2H3,(H2,18,19,22)/t13-/m0/s1. The first-order chi connectivity index (χ1) is 11.8. The summed E-state index contributed by atoms with van der Waals surface area (Å²) < 4.78 is 22.9. The molecule has 1 fully saturated rings. The van der Waals surface area contributed by atoms with Crippen molar-refractivity contribution in [1.29, 1.82) is 0 Å². The second-order valence-electron chi connectivity index (χ2n) is 6.55. The van der Waals surface area contributed by atoms with Crippen LogP contribution in [0.15, 0.2) is 24.3 Å². The topological polar surface area (TPSA) is 95.6 Å². The molecule has 0 bridgehead atoms. The normalized spacial score (nSPS) is 18.6. The molecule has 3 amide bonds. The molecule has 1 aromatic carbocycles. The lowest BCUT2D eigenvalue weighted by Gasteiger charge is -2.14. The summed E-state index contributed by atoms with van der Waals surface area (Å²) in [4.78, 5) is 25.4. The van der Waals surface area contributed by atoms with Gasteiger partial charge in [-0.3, -0.25) is 4.79 Å². The van der Waals surface area contributed by atoms with Gasteiger partial charge in [0.2, 0.25) is 5.91 Å². The van der Waals surface area contributed by atoms with E-state index < -0.39 is 9.84 Å². The molecule has 0 aromatic heterocycles. The van der Waals surface area contributed by atoms with Crippen LogP contribution in [0.3, 0.4) is 0 Å². The maximum Gasteiger partial charge on any atom is 0.319 e. The number of sulfone groups is 1. The van der Waals surface area contributed by atoms with Crippen LogP contribution in [-0.4, -0.2) is 57.4 Å². The largest absolute Gasteiger partial charge is 0.349 e. The van der Waals surface area contributed by atoms with E-state index in [1.807, 2.05) is 18.2 Å². The van der Waals surface area contributed by atoms with Gasteiger partial charge in [0.1, 0.15) is 0 Å². The number of benzene rings is 1. The van der Waals surface area contributed by atoms with E-state index >= 15 is 0 Å².